The van der Waals surface area contributed by atoms with Gasteiger partial charge in [0.15, 0.2) is 11.5 Å². The normalized spacial score (nSPS) is 11.6. The van der Waals surface area contributed by atoms with Crippen LogP contribution in [0.15, 0.2) is 48.5 Å². The van der Waals surface area contributed by atoms with Crippen LogP contribution in [0.3, 0.4) is 0 Å². The van der Waals surface area contributed by atoms with Gasteiger partial charge in [-0.05, 0) is 49.7 Å². The molecule has 0 aliphatic heterocycles. The summed E-state index contributed by atoms with van der Waals surface area (Å²) in [7, 11) is 1.65. The molecule has 0 aromatic heterocycles. The fourth-order valence-corrected chi connectivity index (χ4v) is 2.24. The van der Waals surface area contributed by atoms with Crippen LogP contribution in [0.25, 0.3) is 0 Å². The number of hydrogen-bond donors (Lipinski definition) is 1. The number of hydrogen-bond acceptors (Lipinski definition) is 4. The van der Waals surface area contributed by atoms with Crippen molar-refractivity contribution in [3.63, 3.8) is 0 Å². The van der Waals surface area contributed by atoms with Crippen molar-refractivity contribution in [2.24, 2.45) is 0 Å². The second-order valence-corrected chi connectivity index (χ2v) is 5.69. The van der Waals surface area contributed by atoms with Crippen molar-refractivity contribution in [2.45, 2.75) is 32.8 Å². The van der Waals surface area contributed by atoms with Crippen LogP contribution in [0.1, 0.15) is 26.7 Å². The smallest absolute Gasteiger partial charge is 0.161 e. The topological polar surface area (TPSA) is 39.7 Å². The molecular weight excluding hydrogens is 302 g/mol. The Labute approximate surface area is 144 Å². The van der Waals surface area contributed by atoms with Gasteiger partial charge in [0.05, 0.1) is 20.3 Å². The molecule has 2 aromatic carbocycles. The number of anilines is 1. The highest BCUT2D eigenvalue weighted by Gasteiger charge is 2.08. The van der Waals surface area contributed by atoms with E-state index in [-0.39, 0.29) is 6.10 Å². The van der Waals surface area contributed by atoms with Crippen LogP contribution in [0, 0.1) is 0 Å². The SMILES string of the molecule is CCCCOc1ccc(NCC(C)Oc2ccccc2OC)cc1. The molecular formula is C20H27NO3. The summed E-state index contributed by atoms with van der Waals surface area (Å²) >= 11 is 0. The highest BCUT2D eigenvalue weighted by molar-refractivity contribution is 5.46. The summed E-state index contributed by atoms with van der Waals surface area (Å²) in [6, 6.07) is 15.7. The fourth-order valence-electron chi connectivity index (χ4n) is 2.24. The highest BCUT2D eigenvalue weighted by Crippen LogP contribution is 2.26. The van der Waals surface area contributed by atoms with E-state index in [0.29, 0.717) is 6.54 Å². The highest BCUT2D eigenvalue weighted by atomic mass is 16.5. The van der Waals surface area contributed by atoms with Crippen LogP contribution in [0.4, 0.5) is 5.69 Å². The monoisotopic (exact) mass is 329 g/mol. The minimum absolute atomic E-state index is 0.0155. The predicted molar refractivity (Wildman–Crippen MR) is 98.4 cm³/mol. The van der Waals surface area contributed by atoms with Crippen LogP contribution in [-0.2, 0) is 0 Å². The summed E-state index contributed by atoms with van der Waals surface area (Å²) in [6.45, 7) is 5.66. The lowest BCUT2D eigenvalue weighted by Gasteiger charge is -2.18. The van der Waals surface area contributed by atoms with E-state index in [4.69, 9.17) is 14.2 Å². The minimum Gasteiger partial charge on any atom is -0.494 e. The lowest BCUT2D eigenvalue weighted by atomic mass is 10.2. The molecule has 0 radical (unpaired) electrons. The summed E-state index contributed by atoms with van der Waals surface area (Å²) in [6.07, 6.45) is 2.24. The van der Waals surface area contributed by atoms with Gasteiger partial charge in [0, 0.05) is 5.69 Å². The van der Waals surface area contributed by atoms with E-state index >= 15 is 0 Å². The molecule has 1 atom stereocenters. The van der Waals surface area contributed by atoms with Crippen LogP contribution in [-0.4, -0.2) is 26.4 Å². The van der Waals surface area contributed by atoms with Gasteiger partial charge in [-0.3, -0.25) is 0 Å². The van der Waals surface area contributed by atoms with Gasteiger partial charge >= 0.3 is 0 Å². The number of nitrogens with one attached hydrogen (secondary N) is 1. The van der Waals surface area contributed by atoms with Crippen molar-refractivity contribution in [1.82, 2.24) is 0 Å². The van der Waals surface area contributed by atoms with Crippen molar-refractivity contribution in [1.29, 1.82) is 0 Å². The van der Waals surface area contributed by atoms with Crippen molar-refractivity contribution < 1.29 is 14.2 Å². The fraction of sp³-hybridized carbons (Fsp3) is 0.400. The minimum atomic E-state index is 0.0155. The predicted octanol–water partition coefficient (Wildman–Crippen LogP) is 4.75. The molecule has 130 valence electrons. The molecule has 1 N–H and O–H groups in total. The molecule has 0 saturated carbocycles. The largest absolute Gasteiger partial charge is 0.494 e. The van der Waals surface area contributed by atoms with Crippen molar-refractivity contribution in [3.8, 4) is 17.2 Å². The molecule has 2 rings (SSSR count). The van der Waals surface area contributed by atoms with E-state index in [1.807, 2.05) is 55.5 Å². The average Bonchev–Trinajstić information content (AvgIpc) is 2.62. The summed E-state index contributed by atoms with van der Waals surface area (Å²) in [5.74, 6) is 2.42. The van der Waals surface area contributed by atoms with E-state index in [1.165, 1.54) is 0 Å². The lowest BCUT2D eigenvalue weighted by molar-refractivity contribution is 0.223. The van der Waals surface area contributed by atoms with Gasteiger partial charge in [-0.25, -0.2) is 0 Å². The van der Waals surface area contributed by atoms with Crippen LogP contribution < -0.4 is 19.5 Å². The first-order chi connectivity index (χ1) is 11.7. The Balaban J connectivity index is 1.80. The van der Waals surface area contributed by atoms with Gasteiger partial charge in [0.2, 0.25) is 0 Å². The maximum atomic E-state index is 5.94. The molecule has 0 amide bonds. The third-order valence-electron chi connectivity index (χ3n) is 3.61. The number of methoxy groups -OCH3 is 1. The summed E-state index contributed by atoms with van der Waals surface area (Å²) in [4.78, 5) is 0. The quantitative estimate of drug-likeness (QED) is 0.638. The Kier molecular flexibility index (Phi) is 7.27. The Hall–Kier alpha value is -2.36. The Morgan fingerprint density at radius 1 is 1.00 bits per heavy atom. The van der Waals surface area contributed by atoms with Crippen molar-refractivity contribution in [2.75, 3.05) is 25.6 Å². The molecule has 0 spiro atoms. The number of rotatable bonds is 10. The molecule has 24 heavy (non-hydrogen) atoms. The molecule has 0 heterocycles. The van der Waals surface area contributed by atoms with E-state index in [0.717, 1.165) is 42.4 Å². The van der Waals surface area contributed by atoms with Gasteiger partial charge in [0.1, 0.15) is 11.9 Å². The zero-order valence-corrected chi connectivity index (χ0v) is 14.7. The lowest BCUT2D eigenvalue weighted by Crippen LogP contribution is -2.22. The maximum Gasteiger partial charge on any atom is 0.161 e. The average molecular weight is 329 g/mol. The second kappa shape index (κ2) is 9.71. The Morgan fingerprint density at radius 3 is 2.38 bits per heavy atom. The van der Waals surface area contributed by atoms with Crippen molar-refractivity contribution >= 4 is 5.69 Å². The first-order valence-electron chi connectivity index (χ1n) is 8.49. The molecule has 0 saturated heterocycles. The van der Waals surface area contributed by atoms with E-state index in [1.54, 1.807) is 7.11 Å². The number of ether oxygens (including phenoxy) is 3. The van der Waals surface area contributed by atoms with E-state index < -0.39 is 0 Å². The van der Waals surface area contributed by atoms with Gasteiger partial charge in [-0.1, -0.05) is 25.5 Å². The Morgan fingerprint density at radius 2 is 1.71 bits per heavy atom. The summed E-state index contributed by atoms with van der Waals surface area (Å²) in [5, 5.41) is 3.38. The first-order valence-corrected chi connectivity index (χ1v) is 8.49. The van der Waals surface area contributed by atoms with Crippen molar-refractivity contribution in [3.05, 3.63) is 48.5 Å². The molecule has 0 aliphatic rings. The summed E-state index contributed by atoms with van der Waals surface area (Å²) < 4.78 is 16.9. The third-order valence-corrected chi connectivity index (χ3v) is 3.61. The van der Waals surface area contributed by atoms with Gasteiger partial charge in [-0.2, -0.15) is 0 Å². The molecule has 2 aromatic rings. The molecule has 4 heteroatoms. The second-order valence-electron chi connectivity index (χ2n) is 5.69. The zero-order chi connectivity index (χ0) is 17.2. The third kappa shape index (κ3) is 5.69. The van der Waals surface area contributed by atoms with Crippen LogP contribution in [0.5, 0.6) is 17.2 Å². The molecule has 0 fully saturated rings. The maximum absolute atomic E-state index is 5.94. The van der Waals surface area contributed by atoms with Gasteiger partial charge in [0.25, 0.3) is 0 Å². The zero-order valence-electron chi connectivity index (χ0n) is 14.7. The number of benzene rings is 2. The summed E-state index contributed by atoms with van der Waals surface area (Å²) in [5.41, 5.74) is 1.05. The molecule has 0 aliphatic carbocycles. The van der Waals surface area contributed by atoms with Crippen LogP contribution in [0.2, 0.25) is 0 Å². The van der Waals surface area contributed by atoms with Crippen LogP contribution >= 0.6 is 0 Å². The standard InChI is InChI=1S/C20H27NO3/c1-4-5-14-23-18-12-10-17(11-13-18)21-15-16(2)24-20-9-7-6-8-19(20)22-3/h6-13,16,21H,4-5,14-15H2,1-3H3. The first kappa shape index (κ1) is 18.0. The van der Waals surface area contributed by atoms with E-state index in [2.05, 4.69) is 12.2 Å². The Bertz CT molecular complexity index is 598. The molecule has 4 nitrogen and oxygen atoms in total. The van der Waals surface area contributed by atoms with Gasteiger partial charge < -0.3 is 19.5 Å². The number of unbranched alkanes of at least 4 members (excludes halogenated alkanes) is 1. The van der Waals surface area contributed by atoms with E-state index in [9.17, 15) is 0 Å². The number of para-hydroxylation sites is 2. The van der Waals surface area contributed by atoms with Gasteiger partial charge in [-0.15, -0.1) is 0 Å². The molecule has 1 unspecified atom stereocenters. The molecule has 0 bridgehead atoms.